The Bertz CT molecular complexity index is 1200. The number of carbonyl (C=O) groups is 1. The molecule has 4 aromatic rings. The first kappa shape index (κ1) is 19.6. The van der Waals surface area contributed by atoms with Gasteiger partial charge in [-0.3, -0.25) is 0 Å². The van der Waals surface area contributed by atoms with Crippen LogP contribution in [0.3, 0.4) is 0 Å². The molecule has 2 aromatic heterocycles. The van der Waals surface area contributed by atoms with E-state index in [4.69, 9.17) is 23.2 Å². The summed E-state index contributed by atoms with van der Waals surface area (Å²) in [5.41, 5.74) is 4.72. The molecule has 0 bridgehead atoms. The molecule has 0 atom stereocenters. The molecule has 0 spiro atoms. The van der Waals surface area contributed by atoms with Crippen molar-refractivity contribution in [3.8, 4) is 11.1 Å². The third kappa shape index (κ3) is 3.31. The number of halogens is 2. The number of carboxylic acid groups (broad SMARTS) is 1. The fourth-order valence-electron chi connectivity index (χ4n) is 3.88. The number of hydrogen-bond acceptors (Lipinski definition) is 1. The minimum Gasteiger partial charge on any atom is -0.478 e. The van der Waals surface area contributed by atoms with Gasteiger partial charge in [-0.2, -0.15) is 0 Å². The lowest BCUT2D eigenvalue weighted by molar-refractivity contribution is 0.0697. The predicted octanol–water partition coefficient (Wildman–Crippen LogP) is 6.94. The van der Waals surface area contributed by atoms with Gasteiger partial charge >= 0.3 is 5.97 Å². The molecule has 0 fully saturated rings. The van der Waals surface area contributed by atoms with Gasteiger partial charge in [-0.05, 0) is 48.0 Å². The summed E-state index contributed by atoms with van der Waals surface area (Å²) in [7, 11) is 0. The normalized spacial score (nSPS) is 11.7. The molecule has 2 aromatic carbocycles. The first-order chi connectivity index (χ1) is 13.8. The lowest BCUT2D eigenvalue weighted by Gasteiger charge is -2.27. The van der Waals surface area contributed by atoms with Crippen LogP contribution >= 0.6 is 23.2 Å². The maximum absolute atomic E-state index is 11.2. The summed E-state index contributed by atoms with van der Waals surface area (Å²) < 4.78 is 2.14. The van der Waals surface area contributed by atoms with Gasteiger partial charge in [0.15, 0.2) is 0 Å². The van der Waals surface area contributed by atoms with Gasteiger partial charge < -0.3 is 9.51 Å². The van der Waals surface area contributed by atoms with Crippen LogP contribution in [0.15, 0.2) is 72.9 Å². The Labute approximate surface area is 179 Å². The number of carboxylic acids is 1. The average Bonchev–Trinajstić information content (AvgIpc) is 3.08. The lowest BCUT2D eigenvalue weighted by Crippen LogP contribution is -2.22. The van der Waals surface area contributed by atoms with Gasteiger partial charge in [-0.25, -0.2) is 4.79 Å². The summed E-state index contributed by atoms with van der Waals surface area (Å²) in [5.74, 6) is -0.937. The van der Waals surface area contributed by atoms with Crippen molar-refractivity contribution in [1.82, 2.24) is 4.40 Å². The fourth-order valence-corrected chi connectivity index (χ4v) is 4.75. The second kappa shape index (κ2) is 7.25. The summed E-state index contributed by atoms with van der Waals surface area (Å²) in [4.78, 5) is 11.2. The molecular formula is C24H19Cl2NO2. The minimum absolute atomic E-state index is 0.265. The first-order valence-corrected chi connectivity index (χ1v) is 9.95. The third-order valence-electron chi connectivity index (χ3n) is 5.35. The van der Waals surface area contributed by atoms with Crippen molar-refractivity contribution in [2.24, 2.45) is 0 Å². The molecule has 0 amide bonds. The van der Waals surface area contributed by atoms with Crippen molar-refractivity contribution >= 4 is 34.7 Å². The molecule has 29 heavy (non-hydrogen) atoms. The summed E-state index contributed by atoms with van der Waals surface area (Å²) in [6.45, 7) is 4.21. The van der Waals surface area contributed by atoms with E-state index in [1.807, 2.05) is 54.7 Å². The number of fused-ring (bicyclic) bond motifs is 1. The van der Waals surface area contributed by atoms with Crippen LogP contribution in [-0.4, -0.2) is 15.5 Å². The van der Waals surface area contributed by atoms with Crippen LogP contribution in [0.25, 0.3) is 16.6 Å². The monoisotopic (exact) mass is 423 g/mol. The second-order valence-corrected chi connectivity index (χ2v) is 8.32. The fraction of sp³-hybridized carbons (Fsp3) is 0.125. The first-order valence-electron chi connectivity index (χ1n) is 9.19. The molecule has 0 saturated heterocycles. The topological polar surface area (TPSA) is 41.7 Å². The van der Waals surface area contributed by atoms with Gasteiger partial charge in [0.2, 0.25) is 0 Å². The third-order valence-corrected chi connectivity index (χ3v) is 5.98. The Balaban J connectivity index is 1.94. The van der Waals surface area contributed by atoms with E-state index in [1.165, 1.54) is 0 Å². The van der Waals surface area contributed by atoms with E-state index in [0.29, 0.717) is 10.0 Å². The SMILES string of the molecule is CC(C)(c1c(Cl)cccc1Cl)c1cc(-c2ccc(C(=O)O)cc2)c2ccccn12. The molecular weight excluding hydrogens is 405 g/mol. The van der Waals surface area contributed by atoms with Crippen molar-refractivity contribution in [3.05, 3.63) is 99.8 Å². The predicted molar refractivity (Wildman–Crippen MR) is 118 cm³/mol. The van der Waals surface area contributed by atoms with Crippen molar-refractivity contribution in [2.45, 2.75) is 19.3 Å². The maximum Gasteiger partial charge on any atom is 0.335 e. The largest absolute Gasteiger partial charge is 0.478 e. The van der Waals surface area contributed by atoms with Gasteiger partial charge in [0.1, 0.15) is 0 Å². The van der Waals surface area contributed by atoms with Gasteiger partial charge in [0, 0.05) is 38.5 Å². The maximum atomic E-state index is 11.2. The Morgan fingerprint density at radius 3 is 2.21 bits per heavy atom. The van der Waals surface area contributed by atoms with Crippen LogP contribution in [0.5, 0.6) is 0 Å². The molecule has 0 unspecified atom stereocenters. The lowest BCUT2D eigenvalue weighted by atomic mass is 9.81. The summed E-state index contributed by atoms with van der Waals surface area (Å²) in [6.07, 6.45) is 2.02. The zero-order valence-corrected chi connectivity index (χ0v) is 17.5. The standard InChI is InChI=1S/C24H19Cl2NO2/c1-24(2,22-18(25)6-5-7-19(22)26)21-14-17(20-8-3-4-13-27(20)21)15-9-11-16(12-10-15)23(28)29/h3-14H,1-2H3,(H,28,29). The molecule has 146 valence electrons. The van der Waals surface area contributed by atoms with E-state index in [2.05, 4.69) is 24.3 Å². The van der Waals surface area contributed by atoms with E-state index < -0.39 is 11.4 Å². The zero-order chi connectivity index (χ0) is 20.8. The van der Waals surface area contributed by atoms with E-state index in [0.717, 1.165) is 27.9 Å². The number of rotatable bonds is 4. The number of hydrogen-bond donors (Lipinski definition) is 1. The quantitative estimate of drug-likeness (QED) is 0.386. The van der Waals surface area contributed by atoms with Crippen molar-refractivity contribution in [2.75, 3.05) is 0 Å². The van der Waals surface area contributed by atoms with Gasteiger partial charge in [0.25, 0.3) is 0 Å². The van der Waals surface area contributed by atoms with E-state index in [9.17, 15) is 9.90 Å². The second-order valence-electron chi connectivity index (χ2n) is 7.50. The molecule has 1 N–H and O–H groups in total. The summed E-state index contributed by atoms with van der Waals surface area (Å²) in [6, 6.07) is 20.6. The molecule has 0 saturated carbocycles. The highest BCUT2D eigenvalue weighted by molar-refractivity contribution is 6.36. The highest BCUT2D eigenvalue weighted by Crippen LogP contribution is 2.42. The molecule has 5 heteroatoms. The Hall–Kier alpha value is -2.75. The van der Waals surface area contributed by atoms with Crippen LogP contribution in [0.4, 0.5) is 0 Å². The molecule has 4 rings (SSSR count). The van der Waals surface area contributed by atoms with Crippen LogP contribution in [0.1, 0.15) is 35.5 Å². The Morgan fingerprint density at radius 2 is 1.59 bits per heavy atom. The molecule has 0 aliphatic heterocycles. The van der Waals surface area contributed by atoms with E-state index in [1.54, 1.807) is 12.1 Å². The number of aromatic carboxylic acids is 1. The highest BCUT2D eigenvalue weighted by Gasteiger charge is 2.31. The van der Waals surface area contributed by atoms with Gasteiger partial charge in [0.05, 0.1) is 11.1 Å². The number of pyridine rings is 1. The summed E-state index contributed by atoms with van der Waals surface area (Å²) >= 11 is 13.1. The van der Waals surface area contributed by atoms with Gasteiger partial charge in [-0.1, -0.05) is 61.3 Å². The van der Waals surface area contributed by atoms with Crippen molar-refractivity contribution < 1.29 is 9.90 Å². The molecule has 0 aliphatic carbocycles. The Kier molecular flexibility index (Phi) is 4.89. The minimum atomic E-state index is -0.937. The smallest absolute Gasteiger partial charge is 0.335 e. The number of benzene rings is 2. The van der Waals surface area contributed by atoms with Crippen LogP contribution < -0.4 is 0 Å². The number of aromatic nitrogens is 1. The van der Waals surface area contributed by atoms with Crippen molar-refractivity contribution in [3.63, 3.8) is 0 Å². The summed E-state index contributed by atoms with van der Waals surface area (Å²) in [5, 5.41) is 10.4. The van der Waals surface area contributed by atoms with Gasteiger partial charge in [-0.15, -0.1) is 0 Å². The van der Waals surface area contributed by atoms with Crippen LogP contribution in [-0.2, 0) is 5.41 Å². The molecule has 2 heterocycles. The molecule has 0 radical (unpaired) electrons. The molecule has 0 aliphatic rings. The molecule has 3 nitrogen and oxygen atoms in total. The van der Waals surface area contributed by atoms with E-state index in [-0.39, 0.29) is 5.56 Å². The Morgan fingerprint density at radius 1 is 0.931 bits per heavy atom. The highest BCUT2D eigenvalue weighted by atomic mass is 35.5. The average molecular weight is 424 g/mol. The van der Waals surface area contributed by atoms with Crippen molar-refractivity contribution in [1.29, 1.82) is 0 Å². The van der Waals surface area contributed by atoms with Crippen LogP contribution in [0.2, 0.25) is 10.0 Å². The van der Waals surface area contributed by atoms with Crippen LogP contribution in [0, 0.1) is 0 Å². The number of nitrogens with zero attached hydrogens (tertiary/aromatic N) is 1. The van der Waals surface area contributed by atoms with E-state index >= 15 is 0 Å². The zero-order valence-electron chi connectivity index (χ0n) is 16.0.